The van der Waals surface area contributed by atoms with Gasteiger partial charge in [-0.3, -0.25) is 0 Å². The van der Waals surface area contributed by atoms with E-state index >= 15 is 0 Å². The van der Waals surface area contributed by atoms with Crippen molar-refractivity contribution in [1.82, 2.24) is 0 Å². The van der Waals surface area contributed by atoms with Crippen LogP contribution in [0.4, 0.5) is 0 Å². The summed E-state index contributed by atoms with van der Waals surface area (Å²) in [6.07, 6.45) is 6.04. The first-order valence-corrected chi connectivity index (χ1v) is 5.99. The quantitative estimate of drug-likeness (QED) is 0.463. The smallest absolute Gasteiger partial charge is 0.0487 e. The predicted octanol–water partition coefficient (Wildman–Crippen LogP) is 2.84. The molecule has 0 aromatic rings. The lowest BCUT2D eigenvalue weighted by Gasteiger charge is -2.40. The van der Waals surface area contributed by atoms with Crippen LogP contribution in [0.2, 0.25) is 0 Å². The Bertz CT molecular complexity index is 141. The zero-order chi connectivity index (χ0) is 10.3. The Labute approximate surface area is 91.9 Å². The molecule has 3 heteroatoms. The van der Waals surface area contributed by atoms with E-state index in [0.29, 0.717) is 5.41 Å². The monoisotopic (exact) mass is 220 g/mol. The molecule has 1 saturated carbocycles. The summed E-state index contributed by atoms with van der Waals surface area (Å²) in [6.45, 7) is 2.46. The zero-order valence-corrected chi connectivity index (χ0v) is 9.81. The van der Waals surface area contributed by atoms with E-state index in [1.807, 2.05) is 0 Å². The van der Waals surface area contributed by atoms with Gasteiger partial charge in [0.25, 0.3) is 0 Å². The van der Waals surface area contributed by atoms with E-state index in [2.05, 4.69) is 0 Å². The van der Waals surface area contributed by atoms with Crippen LogP contribution in [-0.2, 0) is 9.47 Å². The summed E-state index contributed by atoms with van der Waals surface area (Å²) >= 11 is 5.95. The number of hydrogen-bond acceptors (Lipinski definition) is 2. The fourth-order valence-electron chi connectivity index (χ4n) is 1.82. The van der Waals surface area contributed by atoms with Crippen LogP contribution in [-0.4, -0.2) is 32.8 Å². The van der Waals surface area contributed by atoms with Crippen molar-refractivity contribution in [3.8, 4) is 0 Å². The molecule has 0 heterocycles. The number of hydrogen-bond donors (Lipinski definition) is 0. The van der Waals surface area contributed by atoms with Gasteiger partial charge in [-0.15, -0.1) is 11.6 Å². The highest BCUT2D eigenvalue weighted by Crippen LogP contribution is 2.44. The van der Waals surface area contributed by atoms with Crippen molar-refractivity contribution >= 4 is 11.6 Å². The van der Waals surface area contributed by atoms with Gasteiger partial charge < -0.3 is 9.47 Å². The second kappa shape index (κ2) is 6.65. The molecule has 84 valence electrons. The van der Waals surface area contributed by atoms with E-state index < -0.39 is 0 Å². The Kier molecular flexibility index (Phi) is 5.83. The van der Waals surface area contributed by atoms with Crippen LogP contribution in [0, 0.1) is 5.41 Å². The van der Waals surface area contributed by atoms with Gasteiger partial charge in [-0.25, -0.2) is 0 Å². The highest BCUT2D eigenvalue weighted by molar-refractivity contribution is 6.18. The third-order valence-corrected chi connectivity index (χ3v) is 3.68. The van der Waals surface area contributed by atoms with Gasteiger partial charge in [0.2, 0.25) is 0 Å². The number of halogens is 1. The van der Waals surface area contributed by atoms with Crippen LogP contribution in [0.3, 0.4) is 0 Å². The molecule has 14 heavy (non-hydrogen) atoms. The first-order chi connectivity index (χ1) is 6.83. The fraction of sp³-hybridized carbons (Fsp3) is 1.00. The summed E-state index contributed by atoms with van der Waals surface area (Å²) in [5.74, 6) is 0.800. The lowest BCUT2D eigenvalue weighted by Crippen LogP contribution is -2.32. The maximum absolute atomic E-state index is 5.95. The molecule has 1 aliphatic rings. The van der Waals surface area contributed by atoms with Crippen molar-refractivity contribution in [1.29, 1.82) is 0 Å². The minimum atomic E-state index is 0.419. The van der Waals surface area contributed by atoms with E-state index in [4.69, 9.17) is 21.1 Å². The van der Waals surface area contributed by atoms with Crippen molar-refractivity contribution in [3.63, 3.8) is 0 Å². The topological polar surface area (TPSA) is 18.5 Å². The summed E-state index contributed by atoms with van der Waals surface area (Å²) in [7, 11) is 1.72. The molecule has 0 atom stereocenters. The summed E-state index contributed by atoms with van der Waals surface area (Å²) in [6, 6.07) is 0. The van der Waals surface area contributed by atoms with E-state index in [0.717, 1.165) is 38.5 Å². The Balaban J connectivity index is 1.92. The summed E-state index contributed by atoms with van der Waals surface area (Å²) in [4.78, 5) is 0. The number of alkyl halides is 1. The SMILES string of the molecule is COCCCOCCC1(CCl)CCC1. The minimum Gasteiger partial charge on any atom is -0.385 e. The zero-order valence-electron chi connectivity index (χ0n) is 9.06. The molecule has 0 aromatic heterocycles. The molecule has 0 aliphatic heterocycles. The van der Waals surface area contributed by atoms with Crippen LogP contribution in [0.15, 0.2) is 0 Å². The average molecular weight is 221 g/mol. The molecule has 0 radical (unpaired) electrons. The maximum atomic E-state index is 5.95. The average Bonchev–Trinajstić information content (AvgIpc) is 2.15. The van der Waals surface area contributed by atoms with E-state index in [1.165, 1.54) is 19.3 Å². The number of methoxy groups -OCH3 is 1. The van der Waals surface area contributed by atoms with Gasteiger partial charge in [0.1, 0.15) is 0 Å². The van der Waals surface area contributed by atoms with E-state index in [9.17, 15) is 0 Å². The Hall–Kier alpha value is 0.210. The largest absolute Gasteiger partial charge is 0.385 e. The minimum absolute atomic E-state index is 0.419. The fourth-order valence-corrected chi connectivity index (χ4v) is 2.22. The lowest BCUT2D eigenvalue weighted by molar-refractivity contribution is 0.0545. The Morgan fingerprint density at radius 3 is 2.50 bits per heavy atom. The van der Waals surface area contributed by atoms with Gasteiger partial charge in [0, 0.05) is 32.8 Å². The van der Waals surface area contributed by atoms with Crippen molar-refractivity contribution in [2.75, 3.05) is 32.8 Å². The van der Waals surface area contributed by atoms with E-state index in [-0.39, 0.29) is 0 Å². The summed E-state index contributed by atoms with van der Waals surface area (Å²) < 4.78 is 10.5. The predicted molar refractivity (Wildman–Crippen MR) is 58.9 cm³/mol. The maximum Gasteiger partial charge on any atom is 0.0487 e. The lowest BCUT2D eigenvalue weighted by atomic mass is 9.68. The molecular formula is C11H21ClO2. The third-order valence-electron chi connectivity index (χ3n) is 3.11. The van der Waals surface area contributed by atoms with Crippen LogP contribution >= 0.6 is 11.6 Å². The molecule has 1 aliphatic carbocycles. The molecule has 0 bridgehead atoms. The summed E-state index contributed by atoms with van der Waals surface area (Å²) in [5.41, 5.74) is 0.419. The van der Waals surface area contributed by atoms with Gasteiger partial charge in [0.15, 0.2) is 0 Å². The van der Waals surface area contributed by atoms with Crippen molar-refractivity contribution < 1.29 is 9.47 Å². The van der Waals surface area contributed by atoms with Gasteiger partial charge in [-0.2, -0.15) is 0 Å². The van der Waals surface area contributed by atoms with Crippen molar-refractivity contribution in [2.45, 2.75) is 32.1 Å². The van der Waals surface area contributed by atoms with Crippen molar-refractivity contribution in [3.05, 3.63) is 0 Å². The first kappa shape index (κ1) is 12.3. The van der Waals surface area contributed by atoms with Crippen molar-refractivity contribution in [2.24, 2.45) is 5.41 Å². The summed E-state index contributed by atoms with van der Waals surface area (Å²) in [5, 5.41) is 0. The molecule has 0 spiro atoms. The molecule has 0 unspecified atom stereocenters. The van der Waals surface area contributed by atoms with Crippen LogP contribution < -0.4 is 0 Å². The second-order valence-corrected chi connectivity index (χ2v) is 4.46. The molecule has 1 rings (SSSR count). The molecule has 0 N–H and O–H groups in total. The molecule has 2 nitrogen and oxygen atoms in total. The van der Waals surface area contributed by atoms with Crippen LogP contribution in [0.25, 0.3) is 0 Å². The Morgan fingerprint density at radius 2 is 2.00 bits per heavy atom. The van der Waals surface area contributed by atoms with Gasteiger partial charge in [0.05, 0.1) is 0 Å². The highest BCUT2D eigenvalue weighted by Gasteiger charge is 2.35. The molecule has 0 saturated heterocycles. The van der Waals surface area contributed by atoms with Crippen LogP contribution in [0.5, 0.6) is 0 Å². The third kappa shape index (κ3) is 3.76. The van der Waals surface area contributed by atoms with Gasteiger partial charge >= 0.3 is 0 Å². The standard InChI is InChI=1S/C11H21ClO2/c1-13-7-3-8-14-9-6-11(10-12)4-2-5-11/h2-10H2,1H3. The molecule has 0 aromatic carbocycles. The van der Waals surface area contributed by atoms with Gasteiger partial charge in [-0.1, -0.05) is 6.42 Å². The molecule has 1 fully saturated rings. The molecular weight excluding hydrogens is 200 g/mol. The van der Waals surface area contributed by atoms with Crippen LogP contribution in [0.1, 0.15) is 32.1 Å². The van der Waals surface area contributed by atoms with Gasteiger partial charge in [-0.05, 0) is 31.1 Å². The molecule has 0 amide bonds. The normalized spacial score (nSPS) is 19.3. The Morgan fingerprint density at radius 1 is 1.21 bits per heavy atom. The number of rotatable bonds is 8. The second-order valence-electron chi connectivity index (χ2n) is 4.20. The van der Waals surface area contributed by atoms with E-state index in [1.54, 1.807) is 7.11 Å². The number of ether oxygens (including phenoxy) is 2. The highest BCUT2D eigenvalue weighted by atomic mass is 35.5. The first-order valence-electron chi connectivity index (χ1n) is 5.46.